The molecule has 2 rings (SSSR count). The summed E-state index contributed by atoms with van der Waals surface area (Å²) in [4.78, 5) is 2.54. The molecule has 1 aliphatic rings. The summed E-state index contributed by atoms with van der Waals surface area (Å²) >= 11 is 1.41. The van der Waals surface area contributed by atoms with Crippen LogP contribution in [0.3, 0.4) is 0 Å². The van der Waals surface area contributed by atoms with Crippen LogP contribution in [-0.2, 0) is 6.54 Å². The first-order chi connectivity index (χ1) is 7.45. The first kappa shape index (κ1) is 11.0. The van der Waals surface area contributed by atoms with Gasteiger partial charge in [0.25, 0.3) is 0 Å². The van der Waals surface area contributed by atoms with Crippen molar-refractivity contribution in [1.82, 2.24) is 19.8 Å². The zero-order valence-electron chi connectivity index (χ0n) is 8.98. The smallest absolute Gasteiger partial charge is 0.0893 e. The average Bonchev–Trinajstić information content (AvgIpc) is 2.79. The molecule has 0 saturated carbocycles. The van der Waals surface area contributed by atoms with Gasteiger partial charge in [0.15, 0.2) is 0 Å². The second kappa shape index (κ2) is 6.15. The maximum Gasteiger partial charge on any atom is 0.0893 e. The normalized spacial score (nSPS) is 18.1. The highest BCUT2D eigenvalue weighted by molar-refractivity contribution is 7.03. The van der Waals surface area contributed by atoms with Crippen molar-refractivity contribution in [1.29, 1.82) is 0 Å². The fourth-order valence-corrected chi connectivity index (χ4v) is 2.35. The van der Waals surface area contributed by atoms with Crippen molar-refractivity contribution in [3.63, 3.8) is 0 Å². The maximum absolute atomic E-state index is 3.99. The summed E-state index contributed by atoms with van der Waals surface area (Å²) in [5.74, 6) is 0. The minimum atomic E-state index is 0.852. The summed E-state index contributed by atoms with van der Waals surface area (Å²) in [6.07, 6.45) is 4.15. The molecule has 0 aromatic carbocycles. The van der Waals surface area contributed by atoms with Gasteiger partial charge >= 0.3 is 0 Å². The van der Waals surface area contributed by atoms with Gasteiger partial charge in [0, 0.05) is 25.0 Å². The summed E-state index contributed by atoms with van der Waals surface area (Å²) in [5, 5.41) is 9.38. The SMILES string of the molecule is c1snnc1CNCCN1CCCCC1. The third-order valence-corrected chi connectivity index (χ3v) is 3.32. The van der Waals surface area contributed by atoms with E-state index in [0.717, 1.165) is 25.3 Å². The molecule has 84 valence electrons. The van der Waals surface area contributed by atoms with Crippen LogP contribution in [0.2, 0.25) is 0 Å². The highest BCUT2D eigenvalue weighted by Crippen LogP contribution is 2.07. The van der Waals surface area contributed by atoms with Crippen molar-refractivity contribution in [3.05, 3.63) is 11.1 Å². The maximum atomic E-state index is 3.99. The Bertz CT molecular complexity index is 256. The molecule has 0 aliphatic carbocycles. The molecule has 1 aliphatic heterocycles. The molecule has 1 aromatic rings. The quantitative estimate of drug-likeness (QED) is 0.764. The van der Waals surface area contributed by atoms with Crippen molar-refractivity contribution >= 4 is 11.5 Å². The largest absolute Gasteiger partial charge is 0.310 e. The van der Waals surface area contributed by atoms with Crippen LogP contribution in [0.1, 0.15) is 25.0 Å². The fraction of sp³-hybridized carbons (Fsp3) is 0.800. The molecule has 1 aromatic heterocycles. The van der Waals surface area contributed by atoms with Gasteiger partial charge in [-0.2, -0.15) is 0 Å². The van der Waals surface area contributed by atoms with Gasteiger partial charge in [-0.15, -0.1) is 5.10 Å². The van der Waals surface area contributed by atoms with Crippen molar-refractivity contribution < 1.29 is 0 Å². The van der Waals surface area contributed by atoms with Gasteiger partial charge in [0.2, 0.25) is 0 Å². The second-order valence-corrected chi connectivity index (χ2v) is 4.59. The Morgan fingerprint density at radius 3 is 2.93 bits per heavy atom. The van der Waals surface area contributed by atoms with Crippen molar-refractivity contribution in [2.24, 2.45) is 0 Å². The Hall–Kier alpha value is -0.520. The minimum Gasteiger partial charge on any atom is -0.310 e. The van der Waals surface area contributed by atoms with E-state index in [9.17, 15) is 0 Å². The van der Waals surface area contributed by atoms with E-state index < -0.39 is 0 Å². The van der Waals surface area contributed by atoms with Gasteiger partial charge in [-0.1, -0.05) is 10.9 Å². The number of piperidine rings is 1. The van der Waals surface area contributed by atoms with Crippen molar-refractivity contribution in [3.8, 4) is 0 Å². The molecule has 0 atom stereocenters. The Labute approximate surface area is 94.8 Å². The topological polar surface area (TPSA) is 41.1 Å². The van der Waals surface area contributed by atoms with Gasteiger partial charge in [0.05, 0.1) is 5.69 Å². The Kier molecular flexibility index (Phi) is 4.50. The fourth-order valence-electron chi connectivity index (χ4n) is 1.90. The van der Waals surface area contributed by atoms with Crippen LogP contribution in [0.5, 0.6) is 0 Å². The first-order valence-electron chi connectivity index (χ1n) is 5.64. The van der Waals surface area contributed by atoms with Gasteiger partial charge in [0.1, 0.15) is 0 Å². The summed E-state index contributed by atoms with van der Waals surface area (Å²) in [6.45, 7) is 5.62. The zero-order valence-corrected chi connectivity index (χ0v) is 9.80. The zero-order chi connectivity index (χ0) is 10.3. The number of hydrogen-bond acceptors (Lipinski definition) is 5. The lowest BCUT2D eigenvalue weighted by atomic mass is 10.1. The predicted molar refractivity (Wildman–Crippen MR) is 61.9 cm³/mol. The van der Waals surface area contributed by atoms with E-state index in [1.54, 1.807) is 0 Å². The molecule has 1 N–H and O–H groups in total. The molecule has 5 heteroatoms. The van der Waals surface area contributed by atoms with E-state index in [1.165, 1.54) is 43.9 Å². The Morgan fingerprint density at radius 1 is 1.33 bits per heavy atom. The van der Waals surface area contributed by atoms with Gasteiger partial charge in [-0.25, -0.2) is 0 Å². The molecule has 0 amide bonds. The average molecular weight is 226 g/mol. The van der Waals surface area contributed by atoms with E-state index in [1.807, 2.05) is 5.38 Å². The summed E-state index contributed by atoms with van der Waals surface area (Å²) in [5.41, 5.74) is 1.05. The molecule has 2 heterocycles. The molecular weight excluding hydrogens is 208 g/mol. The third kappa shape index (κ3) is 3.85. The van der Waals surface area contributed by atoms with Gasteiger partial charge in [-0.3, -0.25) is 0 Å². The van der Waals surface area contributed by atoms with Gasteiger partial charge in [-0.05, 0) is 37.5 Å². The molecule has 0 radical (unpaired) electrons. The van der Waals surface area contributed by atoms with Crippen molar-refractivity contribution in [2.75, 3.05) is 26.2 Å². The predicted octanol–water partition coefficient (Wildman–Crippen LogP) is 1.11. The highest BCUT2D eigenvalue weighted by atomic mass is 32.1. The van der Waals surface area contributed by atoms with Crippen molar-refractivity contribution in [2.45, 2.75) is 25.8 Å². The molecule has 4 nitrogen and oxygen atoms in total. The Morgan fingerprint density at radius 2 is 2.20 bits per heavy atom. The number of nitrogens with one attached hydrogen (secondary N) is 1. The number of hydrogen-bond donors (Lipinski definition) is 1. The van der Waals surface area contributed by atoms with E-state index >= 15 is 0 Å². The monoisotopic (exact) mass is 226 g/mol. The van der Waals surface area contributed by atoms with E-state index in [0.29, 0.717) is 0 Å². The van der Waals surface area contributed by atoms with Crippen LogP contribution in [0.25, 0.3) is 0 Å². The van der Waals surface area contributed by atoms with Crippen LogP contribution in [-0.4, -0.2) is 40.7 Å². The first-order valence-corrected chi connectivity index (χ1v) is 6.48. The van der Waals surface area contributed by atoms with Crippen LogP contribution < -0.4 is 5.32 Å². The second-order valence-electron chi connectivity index (χ2n) is 3.98. The van der Waals surface area contributed by atoms with Crippen LogP contribution in [0, 0.1) is 0 Å². The molecule has 1 saturated heterocycles. The lowest BCUT2D eigenvalue weighted by molar-refractivity contribution is 0.229. The highest BCUT2D eigenvalue weighted by Gasteiger charge is 2.08. The number of nitrogens with zero attached hydrogens (tertiary/aromatic N) is 3. The number of rotatable bonds is 5. The van der Waals surface area contributed by atoms with Crippen LogP contribution >= 0.6 is 11.5 Å². The molecule has 0 unspecified atom stereocenters. The summed E-state index contributed by atoms with van der Waals surface area (Å²) < 4.78 is 3.83. The van der Waals surface area contributed by atoms with Crippen LogP contribution in [0.4, 0.5) is 0 Å². The number of likely N-dealkylation sites (tertiary alicyclic amines) is 1. The lowest BCUT2D eigenvalue weighted by Crippen LogP contribution is -2.35. The number of aromatic nitrogens is 2. The summed E-state index contributed by atoms with van der Waals surface area (Å²) in [6, 6.07) is 0. The van der Waals surface area contributed by atoms with Gasteiger partial charge < -0.3 is 10.2 Å². The van der Waals surface area contributed by atoms with E-state index in [4.69, 9.17) is 0 Å². The molecule has 0 bridgehead atoms. The Balaban J connectivity index is 1.54. The van der Waals surface area contributed by atoms with E-state index in [-0.39, 0.29) is 0 Å². The van der Waals surface area contributed by atoms with Crippen LogP contribution in [0.15, 0.2) is 5.38 Å². The molecular formula is C10H18N4S. The molecule has 1 fully saturated rings. The standard InChI is InChI=1S/C10H18N4S/c1-2-5-14(6-3-1)7-4-11-8-10-9-15-13-12-10/h9,11H,1-8H2. The minimum absolute atomic E-state index is 0.852. The molecule has 15 heavy (non-hydrogen) atoms. The third-order valence-electron chi connectivity index (χ3n) is 2.76. The molecule has 0 spiro atoms. The lowest BCUT2D eigenvalue weighted by Gasteiger charge is -2.26. The summed E-state index contributed by atoms with van der Waals surface area (Å²) in [7, 11) is 0. The van der Waals surface area contributed by atoms with E-state index in [2.05, 4.69) is 19.8 Å².